The largest absolute Gasteiger partial charge is 0.465 e. The number of hydrogen-bond donors (Lipinski definition) is 2. The lowest BCUT2D eigenvalue weighted by Gasteiger charge is -2.36. The summed E-state index contributed by atoms with van der Waals surface area (Å²) < 4.78 is 10.2. The van der Waals surface area contributed by atoms with Crippen molar-refractivity contribution in [3.8, 4) is 0 Å². The molecule has 2 atom stereocenters. The molecule has 0 fully saturated rings. The molecule has 11 heteroatoms. The highest BCUT2D eigenvalue weighted by atomic mass is 32.2. The zero-order chi connectivity index (χ0) is 34.5. The zero-order valence-corrected chi connectivity index (χ0v) is 31.8. The van der Waals surface area contributed by atoms with Crippen LogP contribution in [0.5, 0.6) is 0 Å². The van der Waals surface area contributed by atoms with Crippen LogP contribution < -0.4 is 10.6 Å². The molecule has 47 heavy (non-hydrogen) atoms. The highest BCUT2D eigenvalue weighted by Gasteiger charge is 2.37. The minimum absolute atomic E-state index is 0.160. The molecule has 2 aliphatic rings. The molecule has 0 aromatic carbocycles. The standard InChI is InChI=1S/C36H52N2O6S3/c1-9-35(3,4)21-11-13-23-25(19-21)46-31(29(23)33(41)43-7)37-27(39)15-17-45-18-16-28(40)38-32-30(34(42)44-8)24-14-12-22(20-26(24)47-32)36(5,6)10-2/h21-22H,9-20H2,1-8H3,(H,37,39)(H,38,40). The van der Waals surface area contributed by atoms with Gasteiger partial charge in [0.05, 0.1) is 25.3 Å². The van der Waals surface area contributed by atoms with Gasteiger partial charge in [-0.15, -0.1) is 22.7 Å². The number of fused-ring (bicyclic) bond motifs is 2. The molecular weight excluding hydrogens is 653 g/mol. The van der Waals surface area contributed by atoms with Crippen molar-refractivity contribution in [1.29, 1.82) is 0 Å². The second kappa shape index (κ2) is 15.9. The molecule has 0 saturated heterocycles. The van der Waals surface area contributed by atoms with Gasteiger partial charge in [0.2, 0.25) is 11.8 Å². The lowest BCUT2D eigenvalue weighted by atomic mass is 9.69. The van der Waals surface area contributed by atoms with Gasteiger partial charge in [0, 0.05) is 34.1 Å². The number of carbonyl (C=O) groups is 4. The van der Waals surface area contributed by atoms with Crippen molar-refractivity contribution in [2.75, 3.05) is 36.4 Å². The SMILES string of the molecule is CCC(C)(C)C1CCc2c(sc(NC(=O)CCSCCC(=O)Nc3sc4c(c3C(=O)OC)CCC(C(C)(C)CC)C4)c2C(=O)OC)C1. The summed E-state index contributed by atoms with van der Waals surface area (Å²) in [6.07, 6.45) is 8.18. The minimum atomic E-state index is -0.405. The molecule has 260 valence electrons. The average molecular weight is 705 g/mol. The van der Waals surface area contributed by atoms with Gasteiger partial charge in [0.1, 0.15) is 10.0 Å². The molecular formula is C36H52N2O6S3. The van der Waals surface area contributed by atoms with Crippen molar-refractivity contribution < 1.29 is 28.7 Å². The maximum absolute atomic E-state index is 12.9. The molecule has 0 bridgehead atoms. The Morgan fingerprint density at radius 1 is 0.723 bits per heavy atom. The molecule has 0 aliphatic heterocycles. The predicted molar refractivity (Wildman–Crippen MR) is 194 cm³/mol. The van der Waals surface area contributed by atoms with Gasteiger partial charge in [-0.05, 0) is 72.3 Å². The first kappa shape index (κ1) is 37.4. The van der Waals surface area contributed by atoms with Crippen molar-refractivity contribution in [1.82, 2.24) is 0 Å². The molecule has 2 aromatic heterocycles. The van der Waals surface area contributed by atoms with E-state index in [1.54, 1.807) is 0 Å². The highest BCUT2D eigenvalue weighted by molar-refractivity contribution is 7.99. The number of carbonyl (C=O) groups excluding carboxylic acids is 4. The Balaban J connectivity index is 1.29. The minimum Gasteiger partial charge on any atom is -0.465 e. The van der Waals surface area contributed by atoms with Crippen molar-refractivity contribution in [2.24, 2.45) is 22.7 Å². The molecule has 2 aromatic rings. The van der Waals surface area contributed by atoms with Crippen molar-refractivity contribution in [3.63, 3.8) is 0 Å². The lowest BCUT2D eigenvalue weighted by molar-refractivity contribution is -0.116. The average Bonchev–Trinajstić information content (AvgIpc) is 3.59. The van der Waals surface area contributed by atoms with E-state index < -0.39 is 11.9 Å². The number of nitrogens with one attached hydrogen (secondary N) is 2. The zero-order valence-electron chi connectivity index (χ0n) is 29.3. The fourth-order valence-corrected chi connectivity index (χ4v) is 10.2. The van der Waals surface area contributed by atoms with Crippen LogP contribution in [0.15, 0.2) is 0 Å². The molecule has 0 spiro atoms. The van der Waals surface area contributed by atoms with Crippen LogP contribution in [0.4, 0.5) is 10.0 Å². The van der Waals surface area contributed by atoms with Gasteiger partial charge in [-0.3, -0.25) is 9.59 Å². The second-order valence-electron chi connectivity index (χ2n) is 14.2. The molecule has 8 nitrogen and oxygen atoms in total. The van der Waals surface area contributed by atoms with Crippen LogP contribution in [0.3, 0.4) is 0 Å². The fraction of sp³-hybridized carbons (Fsp3) is 0.667. The maximum Gasteiger partial charge on any atom is 0.341 e. The first-order valence-electron chi connectivity index (χ1n) is 16.9. The van der Waals surface area contributed by atoms with Crippen LogP contribution in [0.25, 0.3) is 0 Å². The van der Waals surface area contributed by atoms with E-state index in [2.05, 4.69) is 52.2 Å². The van der Waals surface area contributed by atoms with Crippen LogP contribution in [-0.2, 0) is 44.7 Å². The summed E-state index contributed by atoms with van der Waals surface area (Å²) in [5.74, 6) is 1.02. The number of thiophene rings is 2. The second-order valence-corrected chi connectivity index (χ2v) is 17.6. The van der Waals surface area contributed by atoms with Crippen LogP contribution >= 0.6 is 34.4 Å². The van der Waals surface area contributed by atoms with Crippen molar-refractivity contribution in [2.45, 2.75) is 106 Å². The van der Waals surface area contributed by atoms with Gasteiger partial charge in [0.25, 0.3) is 0 Å². The van der Waals surface area contributed by atoms with Crippen LogP contribution in [0.2, 0.25) is 0 Å². The molecule has 2 heterocycles. The van der Waals surface area contributed by atoms with E-state index >= 15 is 0 Å². The van der Waals surface area contributed by atoms with E-state index in [0.29, 0.717) is 44.5 Å². The van der Waals surface area contributed by atoms with Gasteiger partial charge in [0.15, 0.2) is 0 Å². The monoisotopic (exact) mass is 704 g/mol. The third kappa shape index (κ3) is 8.63. The molecule has 0 radical (unpaired) electrons. The summed E-state index contributed by atoms with van der Waals surface area (Å²) in [6, 6.07) is 0. The molecule has 2 unspecified atom stereocenters. The Morgan fingerprint density at radius 3 is 1.45 bits per heavy atom. The Labute approximate surface area is 292 Å². The Kier molecular flexibility index (Phi) is 12.7. The number of anilines is 2. The number of esters is 2. The van der Waals surface area contributed by atoms with Crippen LogP contribution in [-0.4, -0.2) is 49.5 Å². The molecule has 2 N–H and O–H groups in total. The van der Waals surface area contributed by atoms with Crippen LogP contribution in [0, 0.1) is 22.7 Å². The fourth-order valence-electron chi connectivity index (χ4n) is 6.71. The Bertz CT molecular complexity index is 1360. The van der Waals surface area contributed by atoms with E-state index in [-0.39, 0.29) is 35.5 Å². The van der Waals surface area contributed by atoms with Gasteiger partial charge >= 0.3 is 11.9 Å². The quantitative estimate of drug-likeness (QED) is 0.150. The van der Waals surface area contributed by atoms with E-state index in [1.165, 1.54) is 58.4 Å². The summed E-state index contributed by atoms with van der Waals surface area (Å²) in [7, 11) is 2.76. The number of amides is 2. The Hall–Kier alpha value is -2.37. The van der Waals surface area contributed by atoms with Gasteiger partial charge in [-0.25, -0.2) is 9.59 Å². The van der Waals surface area contributed by atoms with Crippen molar-refractivity contribution in [3.05, 3.63) is 32.0 Å². The van der Waals surface area contributed by atoms with Crippen molar-refractivity contribution >= 4 is 68.2 Å². The van der Waals surface area contributed by atoms with E-state index in [4.69, 9.17) is 9.47 Å². The summed E-state index contributed by atoms with van der Waals surface area (Å²) >= 11 is 4.54. The molecule has 0 saturated carbocycles. The summed E-state index contributed by atoms with van der Waals surface area (Å²) in [6.45, 7) is 13.7. The summed E-state index contributed by atoms with van der Waals surface area (Å²) in [4.78, 5) is 53.7. The topological polar surface area (TPSA) is 111 Å². The maximum atomic E-state index is 12.9. The number of ether oxygens (including phenoxy) is 2. The number of thioether (sulfide) groups is 1. The van der Waals surface area contributed by atoms with E-state index in [0.717, 1.165) is 62.5 Å². The smallest absolute Gasteiger partial charge is 0.341 e. The molecule has 2 amide bonds. The van der Waals surface area contributed by atoms with Gasteiger partial charge in [-0.1, -0.05) is 54.4 Å². The normalized spacial score (nSPS) is 17.8. The van der Waals surface area contributed by atoms with E-state index in [9.17, 15) is 19.2 Å². The highest BCUT2D eigenvalue weighted by Crippen LogP contribution is 2.47. The number of hydrogen-bond acceptors (Lipinski definition) is 9. The first-order valence-corrected chi connectivity index (χ1v) is 19.7. The third-order valence-electron chi connectivity index (χ3n) is 10.8. The third-order valence-corrected chi connectivity index (χ3v) is 14.1. The summed E-state index contributed by atoms with van der Waals surface area (Å²) in [5.41, 5.74) is 3.48. The van der Waals surface area contributed by atoms with E-state index in [1.807, 2.05) is 0 Å². The number of rotatable bonds is 14. The van der Waals surface area contributed by atoms with Crippen LogP contribution in [0.1, 0.15) is 122 Å². The summed E-state index contributed by atoms with van der Waals surface area (Å²) in [5, 5.41) is 7.14. The lowest BCUT2D eigenvalue weighted by Crippen LogP contribution is -2.28. The first-order chi connectivity index (χ1) is 22.3. The number of methoxy groups -OCH3 is 2. The molecule has 2 aliphatic carbocycles. The molecule has 4 rings (SSSR count). The van der Waals surface area contributed by atoms with Gasteiger partial charge < -0.3 is 20.1 Å². The Morgan fingerprint density at radius 2 is 1.11 bits per heavy atom. The predicted octanol–water partition coefficient (Wildman–Crippen LogP) is 8.56. The van der Waals surface area contributed by atoms with Gasteiger partial charge in [-0.2, -0.15) is 11.8 Å².